The summed E-state index contributed by atoms with van der Waals surface area (Å²) in [7, 11) is 1.28. The molecule has 5 rings (SSSR count). The monoisotopic (exact) mass is 500 g/mol. The maximum Gasteiger partial charge on any atom is 0.323 e. The molecule has 35 heavy (non-hydrogen) atoms. The molecule has 0 aromatic heterocycles. The highest BCUT2D eigenvalue weighted by atomic mass is 35.5. The van der Waals surface area contributed by atoms with Gasteiger partial charge in [-0.05, 0) is 41.5 Å². The van der Waals surface area contributed by atoms with Gasteiger partial charge in [-0.25, -0.2) is 0 Å². The van der Waals surface area contributed by atoms with E-state index < -0.39 is 28.7 Å². The lowest BCUT2D eigenvalue weighted by atomic mass is 9.64. The third-order valence-corrected chi connectivity index (χ3v) is 8.26. The van der Waals surface area contributed by atoms with E-state index in [2.05, 4.69) is 6.07 Å². The molecule has 5 nitrogen and oxygen atoms in total. The number of benzene rings is 3. The summed E-state index contributed by atoms with van der Waals surface area (Å²) in [6, 6.07) is 26.5. The number of esters is 1. The van der Waals surface area contributed by atoms with Gasteiger partial charge in [0.25, 0.3) is 0 Å². The summed E-state index contributed by atoms with van der Waals surface area (Å²) < 4.78 is 5.30. The van der Waals surface area contributed by atoms with Crippen LogP contribution >= 0.6 is 23.4 Å². The Hall–Kier alpha value is -3.53. The van der Waals surface area contributed by atoms with E-state index in [9.17, 15) is 14.9 Å². The van der Waals surface area contributed by atoms with Crippen LogP contribution in [0.1, 0.15) is 22.6 Å². The Bertz CT molecular complexity index is 1370. The van der Waals surface area contributed by atoms with Crippen LogP contribution < -0.4 is 0 Å². The van der Waals surface area contributed by atoms with Gasteiger partial charge in [0.2, 0.25) is 5.91 Å². The minimum Gasteiger partial charge on any atom is -0.468 e. The van der Waals surface area contributed by atoms with E-state index in [1.165, 1.54) is 23.8 Å². The number of carbonyl (C=O) groups is 2. The first-order valence-electron chi connectivity index (χ1n) is 11.0. The zero-order valence-corrected chi connectivity index (χ0v) is 20.4. The van der Waals surface area contributed by atoms with Crippen molar-refractivity contribution in [3.63, 3.8) is 0 Å². The van der Waals surface area contributed by atoms with Crippen LogP contribution in [-0.4, -0.2) is 29.6 Å². The van der Waals surface area contributed by atoms with E-state index in [1.807, 2.05) is 54.6 Å². The number of fused-ring (bicyclic) bond motifs is 3. The lowest BCUT2D eigenvalue weighted by Crippen LogP contribution is -2.46. The summed E-state index contributed by atoms with van der Waals surface area (Å²) >= 11 is 7.58. The van der Waals surface area contributed by atoms with Gasteiger partial charge < -0.3 is 4.74 Å². The number of carbonyl (C=O) groups excluding carboxylic acids is 2. The van der Waals surface area contributed by atoms with Crippen molar-refractivity contribution >= 4 is 41.3 Å². The molecule has 3 atom stereocenters. The second kappa shape index (κ2) is 8.92. The zero-order chi connectivity index (χ0) is 24.6. The Morgan fingerprint density at radius 2 is 1.77 bits per heavy atom. The number of nitriles is 1. The molecule has 0 saturated carbocycles. The van der Waals surface area contributed by atoms with Gasteiger partial charge in [0.1, 0.15) is 0 Å². The van der Waals surface area contributed by atoms with Gasteiger partial charge in [-0.3, -0.25) is 14.5 Å². The number of methoxy groups -OCH3 is 1. The van der Waals surface area contributed by atoms with Gasteiger partial charge in [-0.15, -0.1) is 11.8 Å². The van der Waals surface area contributed by atoms with E-state index in [0.717, 1.165) is 10.5 Å². The van der Waals surface area contributed by atoms with Gasteiger partial charge >= 0.3 is 5.97 Å². The molecular formula is C28H21ClN2O3S. The molecule has 0 radical (unpaired) electrons. The van der Waals surface area contributed by atoms with Crippen molar-refractivity contribution in [3.8, 4) is 6.07 Å². The first-order chi connectivity index (χ1) is 17.0. The predicted octanol–water partition coefficient (Wildman–Crippen LogP) is 5.62. The van der Waals surface area contributed by atoms with Gasteiger partial charge in [0.15, 0.2) is 11.0 Å². The topological polar surface area (TPSA) is 70.4 Å². The van der Waals surface area contributed by atoms with E-state index in [1.54, 1.807) is 36.5 Å². The summed E-state index contributed by atoms with van der Waals surface area (Å²) in [6.45, 7) is 0. The predicted molar refractivity (Wildman–Crippen MR) is 135 cm³/mol. The summed E-state index contributed by atoms with van der Waals surface area (Å²) in [4.78, 5) is 30.3. The molecule has 3 aromatic carbocycles. The summed E-state index contributed by atoms with van der Waals surface area (Å²) in [6.07, 6.45) is 3.42. The average molecular weight is 501 g/mol. The molecule has 2 aliphatic rings. The molecule has 3 aromatic rings. The molecule has 2 heterocycles. The van der Waals surface area contributed by atoms with Crippen molar-refractivity contribution in [3.05, 3.63) is 107 Å². The molecule has 0 bridgehead atoms. The van der Waals surface area contributed by atoms with Crippen LogP contribution in [0.25, 0.3) is 6.08 Å². The number of hydrogen-bond donors (Lipinski definition) is 0. The van der Waals surface area contributed by atoms with Crippen LogP contribution in [-0.2, 0) is 19.9 Å². The quantitative estimate of drug-likeness (QED) is 0.258. The second-order valence-corrected chi connectivity index (χ2v) is 9.99. The van der Waals surface area contributed by atoms with Gasteiger partial charge in [0.05, 0.1) is 19.1 Å². The minimum atomic E-state index is -1.65. The Labute approximate surface area is 213 Å². The Balaban J connectivity index is 1.79. The fourth-order valence-corrected chi connectivity index (χ4v) is 6.55. The van der Waals surface area contributed by atoms with Crippen LogP contribution in [0.15, 0.2) is 90.0 Å². The van der Waals surface area contributed by atoms with Crippen LogP contribution in [0, 0.1) is 16.7 Å². The highest BCUT2D eigenvalue weighted by Crippen LogP contribution is 2.62. The maximum atomic E-state index is 14.3. The van der Waals surface area contributed by atoms with Gasteiger partial charge in [0, 0.05) is 27.4 Å². The molecule has 1 fully saturated rings. The fourth-order valence-electron chi connectivity index (χ4n) is 5.27. The number of ether oxygens (including phenoxy) is 1. The van der Waals surface area contributed by atoms with Crippen molar-refractivity contribution in [1.29, 1.82) is 5.26 Å². The first-order valence-corrected chi connectivity index (χ1v) is 12.4. The average Bonchev–Trinajstić information content (AvgIpc) is 3.14. The molecule has 0 spiro atoms. The third kappa shape index (κ3) is 3.38. The van der Waals surface area contributed by atoms with Crippen LogP contribution in [0.5, 0.6) is 0 Å². The van der Waals surface area contributed by atoms with Crippen molar-refractivity contribution in [2.75, 3.05) is 12.9 Å². The molecule has 1 amide bonds. The summed E-state index contributed by atoms with van der Waals surface area (Å²) in [5.41, 5.74) is -0.930. The lowest BCUT2D eigenvalue weighted by molar-refractivity contribution is -0.157. The SMILES string of the molecule is COC(=O)[C@]1(CSc2ccccc2)C(=O)N2C=Cc3ccccc3[C@@]2(C#N)[C@@H]1c1ccc(Cl)cc1. The normalized spacial score (nSPS) is 24.4. The van der Waals surface area contributed by atoms with Crippen molar-refractivity contribution < 1.29 is 14.3 Å². The number of amides is 1. The fraction of sp³-hybridized carbons (Fsp3) is 0.179. The molecule has 0 N–H and O–H groups in total. The molecule has 174 valence electrons. The maximum absolute atomic E-state index is 14.3. The Morgan fingerprint density at radius 1 is 1.09 bits per heavy atom. The molecule has 0 aliphatic carbocycles. The zero-order valence-electron chi connectivity index (χ0n) is 18.9. The number of hydrogen-bond acceptors (Lipinski definition) is 5. The molecule has 7 heteroatoms. The second-order valence-electron chi connectivity index (χ2n) is 8.51. The number of rotatable bonds is 5. The summed E-state index contributed by atoms with van der Waals surface area (Å²) in [5, 5.41) is 11.3. The third-order valence-electron chi connectivity index (χ3n) is 6.80. The van der Waals surface area contributed by atoms with Crippen LogP contribution in [0.3, 0.4) is 0 Å². The van der Waals surface area contributed by atoms with Crippen molar-refractivity contribution in [1.82, 2.24) is 4.90 Å². The first kappa shape index (κ1) is 23.2. The number of nitrogens with zero attached hydrogens (tertiary/aromatic N) is 2. The minimum absolute atomic E-state index is 0.103. The molecule has 0 unspecified atom stereocenters. The molecular weight excluding hydrogens is 480 g/mol. The largest absolute Gasteiger partial charge is 0.468 e. The van der Waals surface area contributed by atoms with E-state index in [0.29, 0.717) is 16.1 Å². The number of thioether (sulfide) groups is 1. The highest BCUT2D eigenvalue weighted by molar-refractivity contribution is 7.99. The summed E-state index contributed by atoms with van der Waals surface area (Å²) in [5.74, 6) is -1.87. The van der Waals surface area contributed by atoms with Crippen molar-refractivity contribution in [2.45, 2.75) is 16.4 Å². The molecule has 1 saturated heterocycles. The Kier molecular flexibility index (Phi) is 5.92. The smallest absolute Gasteiger partial charge is 0.323 e. The molecule has 2 aliphatic heterocycles. The van der Waals surface area contributed by atoms with Gasteiger partial charge in [-0.1, -0.05) is 66.2 Å². The Morgan fingerprint density at radius 3 is 2.46 bits per heavy atom. The van der Waals surface area contributed by atoms with Crippen molar-refractivity contribution in [2.24, 2.45) is 5.41 Å². The van der Waals surface area contributed by atoms with E-state index >= 15 is 0 Å². The van der Waals surface area contributed by atoms with E-state index in [4.69, 9.17) is 16.3 Å². The van der Waals surface area contributed by atoms with E-state index in [-0.39, 0.29) is 5.75 Å². The highest BCUT2D eigenvalue weighted by Gasteiger charge is 2.72. The number of halogens is 1. The van der Waals surface area contributed by atoms with Gasteiger partial charge in [-0.2, -0.15) is 5.26 Å². The van der Waals surface area contributed by atoms with Crippen LogP contribution in [0.4, 0.5) is 0 Å². The standard InChI is InChI=1S/C28H21ClN2O3S/c1-34-26(33)27(18-35-22-8-3-2-4-9-22)24(20-11-13-21(29)14-12-20)28(17-30)23-10-6-5-7-19(23)15-16-31(28)25(27)32/h2-16,24H,18H2,1H3/t24-,27+,28+/m1/s1. The lowest BCUT2D eigenvalue weighted by Gasteiger charge is -2.40. The van der Waals surface area contributed by atoms with Crippen LogP contribution in [0.2, 0.25) is 5.02 Å².